The number of hydrogen-bond donors (Lipinski definition) is 0. The third-order valence-corrected chi connectivity index (χ3v) is 4.33. The molecule has 2 nitrogen and oxygen atoms in total. The van der Waals surface area contributed by atoms with Gasteiger partial charge in [-0.25, -0.2) is 0 Å². The summed E-state index contributed by atoms with van der Waals surface area (Å²) < 4.78 is 5.78. The van der Waals surface area contributed by atoms with Crippen molar-refractivity contribution in [3.8, 4) is 5.75 Å². The molecule has 0 aromatic heterocycles. The molecule has 1 saturated heterocycles. The minimum absolute atomic E-state index is 0.857. The highest BCUT2D eigenvalue weighted by atomic mass is 16.5. The SMILES string of the molecule is Cc1cccc(OCCCCCCCN2CCCCC2)c1. The Morgan fingerprint density at radius 3 is 2.52 bits per heavy atom. The Balaban J connectivity index is 1.41. The number of hydrogen-bond acceptors (Lipinski definition) is 2. The summed E-state index contributed by atoms with van der Waals surface area (Å²) in [5.74, 6) is 1.01. The van der Waals surface area contributed by atoms with Crippen molar-refractivity contribution in [3.63, 3.8) is 0 Å². The van der Waals surface area contributed by atoms with Gasteiger partial charge < -0.3 is 9.64 Å². The van der Waals surface area contributed by atoms with Crippen molar-refractivity contribution < 1.29 is 4.74 Å². The van der Waals surface area contributed by atoms with Crippen LogP contribution in [0.4, 0.5) is 0 Å². The van der Waals surface area contributed by atoms with Crippen LogP contribution in [0.5, 0.6) is 5.75 Å². The molecule has 0 amide bonds. The molecule has 2 rings (SSSR count). The summed E-state index contributed by atoms with van der Waals surface area (Å²) in [5, 5.41) is 0. The van der Waals surface area contributed by atoms with Crippen molar-refractivity contribution in [1.29, 1.82) is 0 Å². The average Bonchev–Trinajstić information content (AvgIpc) is 2.51. The van der Waals surface area contributed by atoms with Crippen LogP contribution in [0.1, 0.15) is 56.9 Å². The second-order valence-electron chi connectivity index (χ2n) is 6.34. The minimum atomic E-state index is 0.857. The molecule has 1 aromatic carbocycles. The molecule has 21 heavy (non-hydrogen) atoms. The molecular weight excluding hydrogens is 258 g/mol. The Morgan fingerprint density at radius 1 is 0.952 bits per heavy atom. The van der Waals surface area contributed by atoms with Crippen LogP contribution < -0.4 is 4.74 Å². The highest BCUT2D eigenvalue weighted by molar-refractivity contribution is 5.27. The molecule has 1 heterocycles. The number of rotatable bonds is 9. The Hall–Kier alpha value is -1.02. The number of unbranched alkanes of at least 4 members (excludes halogenated alkanes) is 4. The maximum absolute atomic E-state index is 5.78. The second-order valence-corrected chi connectivity index (χ2v) is 6.34. The molecule has 1 aliphatic rings. The van der Waals surface area contributed by atoms with Crippen LogP contribution in [-0.2, 0) is 0 Å². The van der Waals surface area contributed by atoms with Gasteiger partial charge in [0.2, 0.25) is 0 Å². The predicted molar refractivity (Wildman–Crippen MR) is 90.1 cm³/mol. The molecular formula is C19H31NO. The lowest BCUT2D eigenvalue weighted by Gasteiger charge is -2.26. The number of ether oxygens (including phenoxy) is 1. The number of benzene rings is 1. The minimum Gasteiger partial charge on any atom is -0.494 e. The van der Waals surface area contributed by atoms with Crippen LogP contribution in [-0.4, -0.2) is 31.1 Å². The maximum atomic E-state index is 5.78. The highest BCUT2D eigenvalue weighted by Gasteiger charge is 2.08. The summed E-state index contributed by atoms with van der Waals surface area (Å²) in [6, 6.07) is 8.32. The first-order valence-corrected chi connectivity index (χ1v) is 8.76. The molecule has 0 N–H and O–H groups in total. The van der Waals surface area contributed by atoms with Crippen molar-refractivity contribution in [2.24, 2.45) is 0 Å². The summed E-state index contributed by atoms with van der Waals surface area (Å²) in [4.78, 5) is 2.64. The van der Waals surface area contributed by atoms with E-state index in [0.29, 0.717) is 0 Å². The van der Waals surface area contributed by atoms with E-state index in [1.165, 1.54) is 76.6 Å². The number of nitrogens with zero attached hydrogens (tertiary/aromatic N) is 1. The van der Waals surface area contributed by atoms with Crippen molar-refractivity contribution in [3.05, 3.63) is 29.8 Å². The predicted octanol–water partition coefficient (Wildman–Crippen LogP) is 4.81. The summed E-state index contributed by atoms with van der Waals surface area (Å²) in [6.07, 6.45) is 10.8. The number of likely N-dealkylation sites (tertiary alicyclic amines) is 1. The molecule has 0 atom stereocenters. The van der Waals surface area contributed by atoms with E-state index in [1.54, 1.807) is 0 Å². The fourth-order valence-corrected chi connectivity index (χ4v) is 3.05. The first-order chi connectivity index (χ1) is 10.3. The zero-order valence-corrected chi connectivity index (χ0v) is 13.7. The van der Waals surface area contributed by atoms with Crippen LogP contribution in [0.3, 0.4) is 0 Å². The second kappa shape index (κ2) is 9.83. The van der Waals surface area contributed by atoms with Gasteiger partial charge in [-0.05, 0) is 69.9 Å². The molecule has 2 heteroatoms. The van der Waals surface area contributed by atoms with Crippen LogP contribution in [0.2, 0.25) is 0 Å². The van der Waals surface area contributed by atoms with Gasteiger partial charge in [0.15, 0.2) is 0 Å². The van der Waals surface area contributed by atoms with Gasteiger partial charge in [-0.2, -0.15) is 0 Å². The van der Waals surface area contributed by atoms with Gasteiger partial charge in [-0.15, -0.1) is 0 Å². The standard InChI is InChI=1S/C19H31NO/c1-18-11-10-12-19(17-18)21-16-9-4-2-3-6-13-20-14-7-5-8-15-20/h10-12,17H,2-9,13-16H2,1H3. The van der Waals surface area contributed by atoms with Gasteiger partial charge in [0.25, 0.3) is 0 Å². The van der Waals surface area contributed by atoms with Crippen molar-refractivity contribution >= 4 is 0 Å². The fraction of sp³-hybridized carbons (Fsp3) is 0.684. The van der Waals surface area contributed by atoms with Gasteiger partial charge >= 0.3 is 0 Å². The topological polar surface area (TPSA) is 12.5 Å². The molecule has 0 aliphatic carbocycles. The quantitative estimate of drug-likeness (QED) is 0.605. The number of piperidine rings is 1. The lowest BCUT2D eigenvalue weighted by molar-refractivity contribution is 0.223. The molecule has 0 spiro atoms. The van der Waals surface area contributed by atoms with Gasteiger partial charge in [0, 0.05) is 0 Å². The van der Waals surface area contributed by atoms with E-state index in [-0.39, 0.29) is 0 Å². The van der Waals surface area contributed by atoms with E-state index in [9.17, 15) is 0 Å². The van der Waals surface area contributed by atoms with Crippen LogP contribution in [0, 0.1) is 6.92 Å². The summed E-state index contributed by atoms with van der Waals surface area (Å²) in [7, 11) is 0. The van der Waals surface area contributed by atoms with E-state index < -0.39 is 0 Å². The first kappa shape index (κ1) is 16.4. The van der Waals surface area contributed by atoms with Crippen molar-refractivity contribution in [2.45, 2.75) is 58.3 Å². The van der Waals surface area contributed by atoms with Gasteiger partial charge in [0.05, 0.1) is 6.61 Å². The largest absolute Gasteiger partial charge is 0.494 e. The molecule has 0 unspecified atom stereocenters. The fourth-order valence-electron chi connectivity index (χ4n) is 3.05. The van der Waals surface area contributed by atoms with Crippen LogP contribution >= 0.6 is 0 Å². The van der Waals surface area contributed by atoms with E-state index in [1.807, 2.05) is 6.07 Å². The molecule has 0 saturated carbocycles. The Bertz CT molecular complexity index is 385. The smallest absolute Gasteiger partial charge is 0.119 e. The molecule has 0 bridgehead atoms. The zero-order chi connectivity index (χ0) is 14.8. The molecule has 118 valence electrons. The monoisotopic (exact) mass is 289 g/mol. The van der Waals surface area contributed by atoms with E-state index >= 15 is 0 Å². The molecule has 1 fully saturated rings. The summed E-state index contributed by atoms with van der Waals surface area (Å²) >= 11 is 0. The third kappa shape index (κ3) is 6.99. The average molecular weight is 289 g/mol. The lowest BCUT2D eigenvalue weighted by Crippen LogP contribution is -2.30. The van der Waals surface area contributed by atoms with Gasteiger partial charge in [0.1, 0.15) is 5.75 Å². The molecule has 1 aromatic rings. The molecule has 1 aliphatic heterocycles. The Labute approximate surface area is 130 Å². The van der Waals surface area contributed by atoms with E-state index in [2.05, 4.69) is 30.0 Å². The summed E-state index contributed by atoms with van der Waals surface area (Å²) in [6.45, 7) is 6.96. The highest BCUT2D eigenvalue weighted by Crippen LogP contribution is 2.14. The van der Waals surface area contributed by atoms with Crippen LogP contribution in [0.15, 0.2) is 24.3 Å². The third-order valence-electron chi connectivity index (χ3n) is 4.33. The Morgan fingerprint density at radius 2 is 1.71 bits per heavy atom. The van der Waals surface area contributed by atoms with E-state index in [0.717, 1.165) is 12.4 Å². The first-order valence-electron chi connectivity index (χ1n) is 8.76. The zero-order valence-electron chi connectivity index (χ0n) is 13.7. The van der Waals surface area contributed by atoms with Gasteiger partial charge in [-0.3, -0.25) is 0 Å². The van der Waals surface area contributed by atoms with Crippen molar-refractivity contribution in [2.75, 3.05) is 26.2 Å². The number of aryl methyl sites for hydroxylation is 1. The Kier molecular flexibility index (Phi) is 7.66. The van der Waals surface area contributed by atoms with Crippen LogP contribution in [0.25, 0.3) is 0 Å². The van der Waals surface area contributed by atoms with Gasteiger partial charge in [-0.1, -0.05) is 37.8 Å². The normalized spacial score (nSPS) is 16.0. The van der Waals surface area contributed by atoms with E-state index in [4.69, 9.17) is 4.74 Å². The van der Waals surface area contributed by atoms with Crippen molar-refractivity contribution in [1.82, 2.24) is 4.90 Å². The maximum Gasteiger partial charge on any atom is 0.119 e. The molecule has 0 radical (unpaired) electrons. The summed E-state index contributed by atoms with van der Waals surface area (Å²) in [5.41, 5.74) is 1.27. The lowest BCUT2D eigenvalue weighted by atomic mass is 10.1.